The van der Waals surface area contributed by atoms with Crippen molar-refractivity contribution < 1.29 is 4.74 Å². The van der Waals surface area contributed by atoms with Crippen molar-refractivity contribution in [2.45, 2.75) is 13.0 Å². The van der Waals surface area contributed by atoms with E-state index in [0.717, 1.165) is 5.56 Å². The van der Waals surface area contributed by atoms with Crippen molar-refractivity contribution in [2.75, 3.05) is 17.9 Å². The monoisotopic (exact) mass is 261 g/mol. The van der Waals surface area contributed by atoms with Gasteiger partial charge in [-0.1, -0.05) is 0 Å². The van der Waals surface area contributed by atoms with Crippen molar-refractivity contribution in [3.8, 4) is 6.01 Å². The fraction of sp³-hybridized carbons (Fsp3) is 0.273. The molecule has 2 rings (SSSR count). The molecule has 0 fully saturated rings. The zero-order valence-corrected chi connectivity index (χ0v) is 10.7. The first-order valence-corrected chi connectivity index (χ1v) is 5.66. The van der Waals surface area contributed by atoms with Gasteiger partial charge in [-0.3, -0.25) is 10.4 Å². The highest BCUT2D eigenvalue weighted by Gasteiger charge is 2.10. The Bertz CT molecular complexity index is 512. The molecule has 0 aliphatic carbocycles. The molecule has 0 aliphatic rings. The third-order valence-corrected chi connectivity index (χ3v) is 2.48. The van der Waals surface area contributed by atoms with Crippen LogP contribution in [-0.2, 0) is 0 Å². The molecular weight excluding hydrogens is 246 g/mol. The summed E-state index contributed by atoms with van der Waals surface area (Å²) in [5.41, 5.74) is 3.43. The number of nitrogens with two attached hydrogens (primary N) is 1. The molecule has 1 atom stereocenters. The molecule has 100 valence electrons. The van der Waals surface area contributed by atoms with Crippen molar-refractivity contribution in [3.63, 3.8) is 0 Å². The first-order chi connectivity index (χ1) is 9.22. The van der Waals surface area contributed by atoms with Crippen LogP contribution in [0.1, 0.15) is 18.5 Å². The Hall–Kier alpha value is -2.48. The first-order valence-electron chi connectivity index (χ1n) is 5.66. The van der Waals surface area contributed by atoms with Crippen molar-refractivity contribution in [2.24, 2.45) is 5.84 Å². The van der Waals surface area contributed by atoms with E-state index < -0.39 is 0 Å². The summed E-state index contributed by atoms with van der Waals surface area (Å²) in [6, 6.07) is 4.03. The Kier molecular flexibility index (Phi) is 4.04. The Morgan fingerprint density at radius 2 is 1.84 bits per heavy atom. The Balaban J connectivity index is 2.18. The Morgan fingerprint density at radius 3 is 2.47 bits per heavy atom. The maximum absolute atomic E-state index is 5.29. The first kappa shape index (κ1) is 13.0. The van der Waals surface area contributed by atoms with E-state index in [1.165, 1.54) is 7.11 Å². The highest BCUT2D eigenvalue weighted by atomic mass is 16.5. The molecule has 0 aromatic carbocycles. The van der Waals surface area contributed by atoms with Gasteiger partial charge in [-0.2, -0.15) is 15.0 Å². The van der Waals surface area contributed by atoms with Gasteiger partial charge in [-0.15, -0.1) is 0 Å². The van der Waals surface area contributed by atoms with Gasteiger partial charge in [-0.25, -0.2) is 5.84 Å². The fourth-order valence-corrected chi connectivity index (χ4v) is 1.51. The number of methoxy groups -OCH3 is 1. The molecule has 0 spiro atoms. The maximum atomic E-state index is 5.29. The van der Waals surface area contributed by atoms with Crippen LogP contribution in [0.25, 0.3) is 0 Å². The molecule has 2 heterocycles. The molecule has 1 unspecified atom stereocenters. The molecule has 2 aromatic heterocycles. The molecular formula is C11H15N7O. The summed E-state index contributed by atoms with van der Waals surface area (Å²) in [4.78, 5) is 16.1. The number of hydrogen-bond acceptors (Lipinski definition) is 8. The summed E-state index contributed by atoms with van der Waals surface area (Å²) < 4.78 is 4.98. The number of hydrazine groups is 1. The molecule has 8 heteroatoms. The molecule has 0 amide bonds. The number of hydrogen-bond donors (Lipinski definition) is 3. The van der Waals surface area contributed by atoms with Crippen molar-refractivity contribution in [1.82, 2.24) is 19.9 Å². The van der Waals surface area contributed by atoms with Crippen LogP contribution >= 0.6 is 0 Å². The normalized spacial score (nSPS) is 11.7. The lowest BCUT2D eigenvalue weighted by Crippen LogP contribution is -2.15. The number of ether oxygens (including phenoxy) is 1. The topological polar surface area (TPSA) is 111 Å². The van der Waals surface area contributed by atoms with E-state index in [1.54, 1.807) is 12.4 Å². The van der Waals surface area contributed by atoms with E-state index >= 15 is 0 Å². The van der Waals surface area contributed by atoms with Crippen LogP contribution in [0.2, 0.25) is 0 Å². The average molecular weight is 261 g/mol. The second-order valence-electron chi connectivity index (χ2n) is 3.76. The Labute approximate surface area is 110 Å². The number of rotatable bonds is 5. The van der Waals surface area contributed by atoms with Crippen molar-refractivity contribution >= 4 is 11.9 Å². The van der Waals surface area contributed by atoms with Crippen LogP contribution in [-0.4, -0.2) is 27.0 Å². The van der Waals surface area contributed by atoms with Gasteiger partial charge in [0.15, 0.2) is 0 Å². The van der Waals surface area contributed by atoms with Gasteiger partial charge in [0.05, 0.1) is 13.2 Å². The number of anilines is 2. The predicted molar refractivity (Wildman–Crippen MR) is 70.5 cm³/mol. The second-order valence-corrected chi connectivity index (χ2v) is 3.76. The quantitative estimate of drug-likeness (QED) is 0.533. The number of nitrogen functional groups attached to an aromatic ring is 1. The highest BCUT2D eigenvalue weighted by Crippen LogP contribution is 2.17. The zero-order chi connectivity index (χ0) is 13.7. The maximum Gasteiger partial charge on any atom is 0.322 e. The van der Waals surface area contributed by atoms with Gasteiger partial charge < -0.3 is 10.1 Å². The van der Waals surface area contributed by atoms with Crippen LogP contribution in [0, 0.1) is 0 Å². The summed E-state index contributed by atoms with van der Waals surface area (Å²) in [5.74, 6) is 5.90. The molecule has 4 N–H and O–H groups in total. The number of nitrogens with zero attached hydrogens (tertiary/aromatic N) is 4. The summed E-state index contributed by atoms with van der Waals surface area (Å²) in [5, 5.41) is 3.14. The van der Waals surface area contributed by atoms with Crippen LogP contribution in [0.5, 0.6) is 6.01 Å². The van der Waals surface area contributed by atoms with Crippen molar-refractivity contribution in [1.29, 1.82) is 0 Å². The van der Waals surface area contributed by atoms with E-state index in [2.05, 4.69) is 30.7 Å². The van der Waals surface area contributed by atoms with E-state index in [4.69, 9.17) is 10.6 Å². The van der Waals surface area contributed by atoms with E-state index in [0.29, 0.717) is 5.95 Å². The van der Waals surface area contributed by atoms with Crippen molar-refractivity contribution in [3.05, 3.63) is 30.1 Å². The van der Waals surface area contributed by atoms with Gasteiger partial charge >= 0.3 is 6.01 Å². The third-order valence-electron chi connectivity index (χ3n) is 2.48. The van der Waals surface area contributed by atoms with Crippen LogP contribution in [0.15, 0.2) is 24.5 Å². The second kappa shape index (κ2) is 5.91. The SMILES string of the molecule is COc1nc(NN)nc(NC(C)c2ccncc2)n1. The molecule has 8 nitrogen and oxygen atoms in total. The molecule has 0 bridgehead atoms. The lowest BCUT2D eigenvalue weighted by molar-refractivity contribution is 0.379. The molecule has 0 saturated heterocycles. The molecule has 0 radical (unpaired) electrons. The van der Waals surface area contributed by atoms with Gasteiger partial charge in [0.1, 0.15) is 0 Å². The highest BCUT2D eigenvalue weighted by molar-refractivity contribution is 5.37. The smallest absolute Gasteiger partial charge is 0.322 e. The zero-order valence-electron chi connectivity index (χ0n) is 10.7. The standard InChI is InChI=1S/C11H15N7O/c1-7(8-3-5-13-6-4-8)14-9-15-10(18-12)17-11(16-9)19-2/h3-7H,12H2,1-2H3,(H2,14,15,16,17,18). The number of pyridine rings is 1. The number of nitrogens with one attached hydrogen (secondary N) is 2. The average Bonchev–Trinajstić information content (AvgIpc) is 2.47. The minimum Gasteiger partial charge on any atom is -0.467 e. The minimum atomic E-state index is 0.0146. The van der Waals surface area contributed by atoms with Crippen LogP contribution in [0.3, 0.4) is 0 Å². The molecule has 0 saturated carbocycles. The van der Waals surface area contributed by atoms with E-state index in [1.807, 2.05) is 19.1 Å². The van der Waals surface area contributed by atoms with Crippen LogP contribution < -0.4 is 21.3 Å². The summed E-state index contributed by atoms with van der Waals surface area (Å²) in [6.45, 7) is 1.99. The molecule has 2 aromatic rings. The molecule has 19 heavy (non-hydrogen) atoms. The van der Waals surface area contributed by atoms with Gasteiger partial charge in [0.2, 0.25) is 11.9 Å². The fourth-order valence-electron chi connectivity index (χ4n) is 1.51. The summed E-state index contributed by atoms with van der Waals surface area (Å²) in [6.07, 6.45) is 3.46. The summed E-state index contributed by atoms with van der Waals surface area (Å²) >= 11 is 0. The minimum absolute atomic E-state index is 0.0146. The largest absolute Gasteiger partial charge is 0.467 e. The van der Waals surface area contributed by atoms with Gasteiger partial charge in [-0.05, 0) is 24.6 Å². The van der Waals surface area contributed by atoms with Gasteiger partial charge in [0, 0.05) is 12.4 Å². The lowest BCUT2D eigenvalue weighted by atomic mass is 10.1. The predicted octanol–water partition coefficient (Wildman–Crippen LogP) is 0.734. The van der Waals surface area contributed by atoms with E-state index in [-0.39, 0.29) is 18.0 Å². The number of aromatic nitrogens is 4. The lowest BCUT2D eigenvalue weighted by Gasteiger charge is -2.14. The Morgan fingerprint density at radius 1 is 1.16 bits per heavy atom. The van der Waals surface area contributed by atoms with E-state index in [9.17, 15) is 0 Å². The molecule has 0 aliphatic heterocycles. The summed E-state index contributed by atoms with van der Waals surface area (Å²) in [7, 11) is 1.48. The van der Waals surface area contributed by atoms with Crippen LogP contribution in [0.4, 0.5) is 11.9 Å². The van der Waals surface area contributed by atoms with Gasteiger partial charge in [0.25, 0.3) is 0 Å². The third kappa shape index (κ3) is 3.26.